The fourth-order valence-corrected chi connectivity index (χ4v) is 4.73. The Bertz CT molecular complexity index is 753. The van der Waals surface area contributed by atoms with Gasteiger partial charge in [-0.25, -0.2) is 0 Å². The highest BCUT2D eigenvalue weighted by Gasteiger charge is 2.40. The lowest BCUT2D eigenvalue weighted by atomic mass is 9.92. The predicted molar refractivity (Wildman–Crippen MR) is 144 cm³/mol. The zero-order valence-electron chi connectivity index (χ0n) is 21.7. The molecular weight excluding hydrogens is 408 g/mol. The number of hydrogen-bond acceptors (Lipinski definition) is 2. The quantitative estimate of drug-likeness (QED) is 0.128. The Morgan fingerprint density at radius 2 is 1.78 bits per heavy atom. The molecule has 0 aliphatic carbocycles. The maximum atomic E-state index is 6.88. The van der Waals surface area contributed by atoms with Gasteiger partial charge in [0.1, 0.15) is 0 Å². The van der Waals surface area contributed by atoms with E-state index in [1.165, 1.54) is 11.1 Å². The third-order valence-corrected chi connectivity index (χ3v) is 11.0. The third kappa shape index (κ3) is 9.44. The number of methoxy groups -OCH3 is 1. The smallest absolute Gasteiger partial charge is 0.192 e. The summed E-state index contributed by atoms with van der Waals surface area (Å²) in [6.07, 6.45) is 16.2. The number of allylic oxidation sites excluding steroid dienone is 4. The molecule has 1 aromatic rings. The van der Waals surface area contributed by atoms with Crippen LogP contribution in [0.15, 0.2) is 72.9 Å². The highest BCUT2D eigenvalue weighted by molar-refractivity contribution is 6.74. The van der Waals surface area contributed by atoms with Crippen LogP contribution in [-0.4, -0.2) is 27.6 Å². The summed E-state index contributed by atoms with van der Waals surface area (Å²) >= 11 is 0. The van der Waals surface area contributed by atoms with Crippen molar-refractivity contribution in [2.75, 3.05) is 7.11 Å². The highest BCUT2D eigenvalue weighted by atomic mass is 28.4. The van der Waals surface area contributed by atoms with E-state index in [4.69, 9.17) is 9.16 Å². The molecular formula is C29H46O2Si. The van der Waals surface area contributed by atoms with Crippen molar-refractivity contribution in [3.63, 3.8) is 0 Å². The summed E-state index contributed by atoms with van der Waals surface area (Å²) in [5, 5.41) is 0.160. The second kappa shape index (κ2) is 13.8. The number of rotatable bonds is 13. The fraction of sp³-hybridized carbons (Fsp3) is 0.517. The van der Waals surface area contributed by atoms with Gasteiger partial charge in [-0.2, -0.15) is 0 Å². The number of hydrogen-bond donors (Lipinski definition) is 0. The number of unbranched alkanes of at least 4 members (excludes halogenated alkanes) is 2. The molecule has 1 rings (SSSR count). The minimum absolute atomic E-state index is 0.0111. The van der Waals surface area contributed by atoms with Gasteiger partial charge in [-0.1, -0.05) is 94.5 Å². The molecule has 0 aliphatic rings. The Balaban J connectivity index is 3.06. The van der Waals surface area contributed by atoms with Crippen LogP contribution in [-0.2, 0) is 9.16 Å². The van der Waals surface area contributed by atoms with E-state index in [0.29, 0.717) is 0 Å². The van der Waals surface area contributed by atoms with E-state index in [-0.39, 0.29) is 23.2 Å². The Labute approximate surface area is 199 Å². The molecule has 3 heteroatoms. The van der Waals surface area contributed by atoms with Crippen LogP contribution < -0.4 is 0 Å². The van der Waals surface area contributed by atoms with E-state index in [0.717, 1.165) is 19.3 Å². The zero-order chi connectivity index (χ0) is 24.2. The molecule has 0 unspecified atom stereocenters. The van der Waals surface area contributed by atoms with Crippen LogP contribution in [0, 0.1) is 5.92 Å². The lowest BCUT2D eigenvalue weighted by Crippen LogP contribution is -2.46. The molecule has 2 nitrogen and oxygen atoms in total. The van der Waals surface area contributed by atoms with Crippen molar-refractivity contribution in [1.82, 2.24) is 0 Å². The molecule has 0 fully saturated rings. The monoisotopic (exact) mass is 454 g/mol. The number of benzene rings is 1. The average Bonchev–Trinajstić information content (AvgIpc) is 2.73. The molecule has 0 heterocycles. The van der Waals surface area contributed by atoms with Crippen molar-refractivity contribution in [2.45, 2.75) is 84.2 Å². The van der Waals surface area contributed by atoms with Crippen molar-refractivity contribution >= 4 is 14.4 Å². The van der Waals surface area contributed by atoms with Gasteiger partial charge in [-0.05, 0) is 55.5 Å². The average molecular weight is 455 g/mol. The minimum Gasteiger partial charge on any atom is -0.410 e. The Morgan fingerprint density at radius 1 is 1.12 bits per heavy atom. The Morgan fingerprint density at radius 3 is 2.34 bits per heavy atom. The lowest BCUT2D eigenvalue weighted by Gasteiger charge is -2.41. The van der Waals surface area contributed by atoms with Crippen LogP contribution in [0.4, 0.5) is 0 Å². The van der Waals surface area contributed by atoms with Gasteiger partial charge in [0.15, 0.2) is 8.32 Å². The first-order chi connectivity index (χ1) is 15.0. The van der Waals surface area contributed by atoms with Gasteiger partial charge in [0.05, 0.1) is 12.2 Å². The maximum absolute atomic E-state index is 6.88. The van der Waals surface area contributed by atoms with Crippen LogP contribution in [0.25, 0.3) is 6.08 Å². The molecule has 32 heavy (non-hydrogen) atoms. The van der Waals surface area contributed by atoms with E-state index in [1.807, 2.05) is 12.1 Å². The number of ether oxygens (including phenoxy) is 1. The Kier molecular flexibility index (Phi) is 12.2. The molecule has 0 spiro atoms. The van der Waals surface area contributed by atoms with Gasteiger partial charge in [0.25, 0.3) is 0 Å². The Hall–Kier alpha value is -1.68. The molecule has 0 saturated carbocycles. The van der Waals surface area contributed by atoms with Crippen molar-refractivity contribution in [3.8, 4) is 0 Å². The molecule has 0 N–H and O–H groups in total. The minimum atomic E-state index is -1.93. The van der Waals surface area contributed by atoms with E-state index < -0.39 is 8.32 Å². The van der Waals surface area contributed by atoms with Crippen LogP contribution in [0.5, 0.6) is 0 Å². The molecule has 0 aromatic heterocycles. The van der Waals surface area contributed by atoms with Crippen LogP contribution in [0.3, 0.4) is 0 Å². The molecule has 0 radical (unpaired) electrons. The summed E-state index contributed by atoms with van der Waals surface area (Å²) in [5.41, 5.74) is 2.40. The maximum Gasteiger partial charge on any atom is 0.192 e. The molecule has 3 atom stereocenters. The van der Waals surface area contributed by atoms with Crippen LogP contribution in [0.1, 0.15) is 59.4 Å². The molecule has 0 aliphatic heterocycles. The third-order valence-electron chi connectivity index (χ3n) is 6.49. The van der Waals surface area contributed by atoms with Gasteiger partial charge >= 0.3 is 0 Å². The van der Waals surface area contributed by atoms with Crippen molar-refractivity contribution < 1.29 is 9.16 Å². The van der Waals surface area contributed by atoms with E-state index >= 15 is 0 Å². The zero-order valence-corrected chi connectivity index (χ0v) is 22.7. The standard InChI is InChI=1S/C29H46O2Si/c1-10-11-12-13-17-23-27(31-32(8,9)29(4,5)6)25(3)28(30-7)24(2)19-18-22-26-20-15-14-16-21-26/h10,14-23,25,27-28H,1,11-13H2,2-9H3/b22-18+,23-17+,24-19+/t25-,27+,28+/m0/s1. The van der Waals surface area contributed by atoms with E-state index in [1.54, 1.807) is 7.11 Å². The summed E-state index contributed by atoms with van der Waals surface area (Å²) < 4.78 is 12.9. The van der Waals surface area contributed by atoms with Gasteiger partial charge in [-0.3, -0.25) is 0 Å². The SMILES string of the molecule is C=CCCC/C=C/[C@@H](O[Si](C)(C)C(C)(C)C)[C@H](C)[C@H](OC)/C(C)=C/C=C/c1ccccc1. The van der Waals surface area contributed by atoms with E-state index in [2.05, 4.69) is 109 Å². The first kappa shape index (κ1) is 28.3. The normalized spacial score (nSPS) is 16.4. The molecule has 0 saturated heterocycles. The van der Waals surface area contributed by atoms with Gasteiger partial charge < -0.3 is 9.16 Å². The molecule has 0 amide bonds. The van der Waals surface area contributed by atoms with Gasteiger partial charge in [0.2, 0.25) is 0 Å². The van der Waals surface area contributed by atoms with Gasteiger partial charge in [-0.15, -0.1) is 6.58 Å². The van der Waals surface area contributed by atoms with Gasteiger partial charge in [0, 0.05) is 13.0 Å². The largest absolute Gasteiger partial charge is 0.410 e. The molecule has 1 aromatic carbocycles. The summed E-state index contributed by atoms with van der Waals surface area (Å²) in [5.74, 6) is 0.200. The molecule has 0 bridgehead atoms. The second-order valence-electron chi connectivity index (χ2n) is 10.2. The van der Waals surface area contributed by atoms with Crippen LogP contribution >= 0.6 is 0 Å². The highest BCUT2D eigenvalue weighted by Crippen LogP contribution is 2.39. The first-order valence-corrected chi connectivity index (χ1v) is 14.8. The summed E-state index contributed by atoms with van der Waals surface area (Å²) in [6.45, 7) is 19.8. The van der Waals surface area contributed by atoms with Crippen molar-refractivity contribution in [2.24, 2.45) is 5.92 Å². The first-order valence-electron chi connectivity index (χ1n) is 11.9. The fourth-order valence-electron chi connectivity index (χ4n) is 3.41. The van der Waals surface area contributed by atoms with E-state index in [9.17, 15) is 0 Å². The second-order valence-corrected chi connectivity index (χ2v) is 14.9. The summed E-state index contributed by atoms with van der Waals surface area (Å²) in [4.78, 5) is 0. The van der Waals surface area contributed by atoms with Crippen molar-refractivity contribution in [1.29, 1.82) is 0 Å². The summed E-state index contributed by atoms with van der Waals surface area (Å²) in [6, 6.07) is 10.4. The lowest BCUT2D eigenvalue weighted by molar-refractivity contribution is 0.0372. The summed E-state index contributed by atoms with van der Waals surface area (Å²) in [7, 11) is -0.123. The van der Waals surface area contributed by atoms with Crippen LogP contribution in [0.2, 0.25) is 18.1 Å². The predicted octanol–water partition coefficient (Wildman–Crippen LogP) is 8.60. The topological polar surface area (TPSA) is 18.5 Å². The molecule has 178 valence electrons. The van der Waals surface area contributed by atoms with Crippen molar-refractivity contribution in [3.05, 3.63) is 78.4 Å².